The highest BCUT2D eigenvalue weighted by Gasteiger charge is 2.19. The zero-order chi connectivity index (χ0) is 22.9. The highest BCUT2D eigenvalue weighted by Crippen LogP contribution is 2.29. The average molecular weight is 442 g/mol. The molecule has 0 aliphatic carbocycles. The number of aliphatic hydroxyl groups excluding tert-OH is 1. The molecule has 0 radical (unpaired) electrons. The molecule has 32 heavy (non-hydrogen) atoms. The lowest BCUT2D eigenvalue weighted by molar-refractivity contribution is -0.130. The van der Waals surface area contributed by atoms with Crippen LogP contribution in [0.5, 0.6) is 11.5 Å². The van der Waals surface area contributed by atoms with Crippen molar-refractivity contribution in [2.24, 2.45) is 0 Å². The second kappa shape index (κ2) is 11.9. The summed E-state index contributed by atoms with van der Waals surface area (Å²) < 4.78 is 11.4. The van der Waals surface area contributed by atoms with Crippen molar-refractivity contribution >= 4 is 5.91 Å². The van der Waals surface area contributed by atoms with E-state index >= 15 is 0 Å². The van der Waals surface area contributed by atoms with Crippen molar-refractivity contribution in [2.75, 3.05) is 53.5 Å². The molecule has 3 rings (SSSR count). The maximum atomic E-state index is 11.5. The Bertz CT molecular complexity index is 854. The second-order valence-corrected chi connectivity index (χ2v) is 8.41. The zero-order valence-corrected chi connectivity index (χ0v) is 19.4. The van der Waals surface area contributed by atoms with Crippen LogP contribution in [0, 0.1) is 0 Å². The third kappa shape index (κ3) is 7.22. The van der Waals surface area contributed by atoms with E-state index in [1.807, 2.05) is 48.3 Å². The summed E-state index contributed by atoms with van der Waals surface area (Å²) in [6.45, 7) is 7.11. The highest BCUT2D eigenvalue weighted by molar-refractivity contribution is 5.73. The molecule has 0 aromatic heterocycles. The molecule has 0 saturated carbocycles. The van der Waals surface area contributed by atoms with Gasteiger partial charge in [-0.05, 0) is 30.3 Å². The Labute approximate surface area is 191 Å². The number of hydrogen-bond donors (Lipinski definition) is 1. The highest BCUT2D eigenvalue weighted by atomic mass is 16.5. The van der Waals surface area contributed by atoms with Crippen LogP contribution in [-0.2, 0) is 17.9 Å². The summed E-state index contributed by atoms with van der Waals surface area (Å²) in [7, 11) is 3.61. The SMILES string of the molecule is COc1ccc(CN2CCN(C(C)=O)CC2)cc1OC[C@H](O)CN(C)Cc1ccccc1. The molecule has 1 heterocycles. The number of piperazine rings is 1. The summed E-state index contributed by atoms with van der Waals surface area (Å²) in [5.41, 5.74) is 2.33. The Balaban J connectivity index is 1.51. The van der Waals surface area contributed by atoms with Gasteiger partial charge in [0.2, 0.25) is 5.91 Å². The summed E-state index contributed by atoms with van der Waals surface area (Å²) in [6.07, 6.45) is -0.614. The van der Waals surface area contributed by atoms with Crippen LogP contribution in [0.4, 0.5) is 0 Å². The molecule has 1 atom stereocenters. The number of methoxy groups -OCH3 is 1. The van der Waals surface area contributed by atoms with Gasteiger partial charge in [0.15, 0.2) is 11.5 Å². The second-order valence-electron chi connectivity index (χ2n) is 8.41. The van der Waals surface area contributed by atoms with Gasteiger partial charge in [0, 0.05) is 52.7 Å². The Hall–Kier alpha value is -2.61. The Kier molecular flexibility index (Phi) is 8.90. The van der Waals surface area contributed by atoms with Gasteiger partial charge in [0.25, 0.3) is 0 Å². The first kappa shape index (κ1) is 24.0. The number of nitrogens with zero attached hydrogens (tertiary/aromatic N) is 3. The van der Waals surface area contributed by atoms with Crippen LogP contribution in [-0.4, -0.2) is 85.3 Å². The Morgan fingerprint density at radius 2 is 1.78 bits per heavy atom. The van der Waals surface area contributed by atoms with E-state index in [1.54, 1.807) is 14.0 Å². The van der Waals surface area contributed by atoms with Gasteiger partial charge in [0.1, 0.15) is 12.7 Å². The van der Waals surface area contributed by atoms with Gasteiger partial charge in [-0.1, -0.05) is 36.4 Å². The molecule has 1 amide bonds. The summed E-state index contributed by atoms with van der Waals surface area (Å²) in [5, 5.41) is 10.5. The molecule has 7 heteroatoms. The van der Waals surface area contributed by atoms with Crippen LogP contribution in [0.25, 0.3) is 0 Å². The first-order valence-electron chi connectivity index (χ1n) is 11.1. The third-order valence-electron chi connectivity index (χ3n) is 5.70. The number of carbonyl (C=O) groups is 1. The number of benzene rings is 2. The van der Waals surface area contributed by atoms with Crippen LogP contribution < -0.4 is 9.47 Å². The fourth-order valence-corrected chi connectivity index (χ4v) is 3.97. The lowest BCUT2D eigenvalue weighted by atomic mass is 10.1. The number of carbonyl (C=O) groups excluding carboxylic acids is 1. The summed E-state index contributed by atoms with van der Waals surface area (Å²) in [5.74, 6) is 1.43. The van der Waals surface area contributed by atoms with Gasteiger partial charge in [-0.2, -0.15) is 0 Å². The quantitative estimate of drug-likeness (QED) is 0.610. The van der Waals surface area contributed by atoms with Crippen LogP contribution >= 0.6 is 0 Å². The fourth-order valence-electron chi connectivity index (χ4n) is 3.97. The Morgan fingerprint density at radius 1 is 1.06 bits per heavy atom. The van der Waals surface area contributed by atoms with E-state index in [0.29, 0.717) is 18.0 Å². The van der Waals surface area contributed by atoms with Crippen molar-refractivity contribution in [3.8, 4) is 11.5 Å². The third-order valence-corrected chi connectivity index (χ3v) is 5.70. The number of amides is 1. The van der Waals surface area contributed by atoms with E-state index < -0.39 is 6.10 Å². The molecular formula is C25H35N3O4. The first-order valence-corrected chi connectivity index (χ1v) is 11.1. The minimum absolute atomic E-state index is 0.137. The maximum Gasteiger partial charge on any atom is 0.219 e. The van der Waals surface area contributed by atoms with Crippen molar-refractivity contribution in [1.82, 2.24) is 14.7 Å². The normalized spacial score (nSPS) is 15.6. The smallest absolute Gasteiger partial charge is 0.219 e. The van der Waals surface area contributed by atoms with Crippen molar-refractivity contribution < 1.29 is 19.4 Å². The van der Waals surface area contributed by atoms with Crippen molar-refractivity contribution in [2.45, 2.75) is 26.1 Å². The van der Waals surface area contributed by atoms with Gasteiger partial charge in [-0.15, -0.1) is 0 Å². The molecule has 0 spiro atoms. The fraction of sp³-hybridized carbons (Fsp3) is 0.480. The van der Waals surface area contributed by atoms with E-state index in [1.165, 1.54) is 5.56 Å². The summed E-state index contributed by atoms with van der Waals surface area (Å²) >= 11 is 0. The predicted molar refractivity (Wildman–Crippen MR) is 125 cm³/mol. The van der Waals surface area contributed by atoms with Gasteiger partial charge in [-0.25, -0.2) is 0 Å². The van der Waals surface area contributed by atoms with E-state index in [-0.39, 0.29) is 12.5 Å². The van der Waals surface area contributed by atoms with Gasteiger partial charge in [-0.3, -0.25) is 14.6 Å². The van der Waals surface area contributed by atoms with E-state index in [4.69, 9.17) is 9.47 Å². The minimum atomic E-state index is -0.614. The number of likely N-dealkylation sites (N-methyl/N-ethyl adjacent to an activating group) is 1. The molecule has 1 fully saturated rings. The van der Waals surface area contributed by atoms with Crippen LogP contribution in [0.2, 0.25) is 0 Å². The molecule has 2 aromatic carbocycles. The summed E-state index contributed by atoms with van der Waals surface area (Å²) in [4.78, 5) is 17.8. The Morgan fingerprint density at radius 3 is 2.44 bits per heavy atom. The summed E-state index contributed by atoms with van der Waals surface area (Å²) in [6, 6.07) is 16.1. The number of ether oxygens (including phenoxy) is 2. The molecule has 1 N–H and O–H groups in total. The number of rotatable bonds is 10. The molecule has 2 aromatic rings. The van der Waals surface area contributed by atoms with Crippen LogP contribution in [0.1, 0.15) is 18.1 Å². The van der Waals surface area contributed by atoms with Crippen molar-refractivity contribution in [3.05, 3.63) is 59.7 Å². The molecular weight excluding hydrogens is 406 g/mol. The van der Waals surface area contributed by atoms with E-state index in [9.17, 15) is 9.90 Å². The van der Waals surface area contributed by atoms with Crippen molar-refractivity contribution in [1.29, 1.82) is 0 Å². The van der Waals surface area contributed by atoms with Crippen LogP contribution in [0.15, 0.2) is 48.5 Å². The maximum absolute atomic E-state index is 11.5. The molecule has 174 valence electrons. The topological polar surface area (TPSA) is 65.5 Å². The number of hydrogen-bond acceptors (Lipinski definition) is 6. The zero-order valence-electron chi connectivity index (χ0n) is 19.4. The van der Waals surface area contributed by atoms with Gasteiger partial charge in [0.05, 0.1) is 7.11 Å². The van der Waals surface area contributed by atoms with E-state index in [0.717, 1.165) is 44.8 Å². The van der Waals surface area contributed by atoms with Crippen LogP contribution in [0.3, 0.4) is 0 Å². The molecule has 1 aliphatic heterocycles. The standard InChI is InChI=1S/C25H35N3O4/c1-20(29)28-13-11-27(12-14-28)17-22-9-10-24(31-3)25(15-22)32-19-23(30)18-26(2)16-21-7-5-4-6-8-21/h4-10,15,23,30H,11-14,16-19H2,1-3H3/t23-/m1/s1. The monoisotopic (exact) mass is 441 g/mol. The molecule has 7 nitrogen and oxygen atoms in total. The largest absolute Gasteiger partial charge is 0.493 e. The van der Waals surface area contributed by atoms with Crippen molar-refractivity contribution in [3.63, 3.8) is 0 Å². The van der Waals surface area contributed by atoms with Gasteiger partial charge >= 0.3 is 0 Å². The van der Waals surface area contributed by atoms with E-state index in [2.05, 4.69) is 21.9 Å². The lowest BCUT2D eigenvalue weighted by Gasteiger charge is -2.34. The predicted octanol–water partition coefficient (Wildman–Crippen LogP) is 2.23. The van der Waals surface area contributed by atoms with Gasteiger partial charge < -0.3 is 19.5 Å². The molecule has 1 aliphatic rings. The molecule has 1 saturated heterocycles. The molecule has 0 unspecified atom stereocenters. The molecule has 0 bridgehead atoms. The average Bonchev–Trinajstić information content (AvgIpc) is 2.78. The number of aliphatic hydroxyl groups is 1. The lowest BCUT2D eigenvalue weighted by Crippen LogP contribution is -2.47. The minimum Gasteiger partial charge on any atom is -0.493 e. The first-order chi connectivity index (χ1) is 15.4.